The van der Waals surface area contributed by atoms with E-state index < -0.39 is 5.41 Å². The smallest absolute Gasteiger partial charge is 0.229 e. The van der Waals surface area contributed by atoms with Gasteiger partial charge >= 0.3 is 0 Å². The van der Waals surface area contributed by atoms with E-state index in [1.165, 1.54) is 0 Å². The van der Waals surface area contributed by atoms with Gasteiger partial charge in [-0.2, -0.15) is 0 Å². The number of likely N-dealkylation sites (tertiary alicyclic amines) is 1. The number of aromatic nitrogens is 1. The molecule has 1 saturated heterocycles. The van der Waals surface area contributed by atoms with Gasteiger partial charge in [0.2, 0.25) is 5.91 Å². The third-order valence-corrected chi connectivity index (χ3v) is 7.61. The standard InChI is InChI=1S/C30H32Cl2N2O2/c1-4-15-30(3)18-27(22-8-6-9-24(32)17-22)28(21-11-13-23(31)14-12-21)34(29(30)35)25(5-2)20-36-26-10-7-16-33-19-26/h4,6-14,16-17,19,25,27-28H,1,5,15,18,20H2,2-3H3/t25-,27+,28+,30+/m0/s1. The molecule has 1 aliphatic rings. The van der Waals surface area contributed by atoms with E-state index in [0.29, 0.717) is 35.2 Å². The van der Waals surface area contributed by atoms with Crippen LogP contribution in [0.4, 0.5) is 0 Å². The van der Waals surface area contributed by atoms with E-state index >= 15 is 0 Å². The van der Waals surface area contributed by atoms with Gasteiger partial charge in [0.15, 0.2) is 0 Å². The highest BCUT2D eigenvalue weighted by Crippen LogP contribution is 2.52. The first-order valence-electron chi connectivity index (χ1n) is 12.3. The van der Waals surface area contributed by atoms with Crippen LogP contribution in [0.2, 0.25) is 10.0 Å². The van der Waals surface area contributed by atoms with Crippen LogP contribution in [0.25, 0.3) is 0 Å². The number of amides is 1. The molecule has 0 radical (unpaired) electrons. The zero-order chi connectivity index (χ0) is 25.7. The molecular formula is C30H32Cl2N2O2. The second-order valence-corrected chi connectivity index (χ2v) is 10.6. The number of pyridine rings is 1. The Hall–Kier alpha value is -2.82. The van der Waals surface area contributed by atoms with E-state index in [1.807, 2.05) is 67.6 Å². The van der Waals surface area contributed by atoms with Crippen LogP contribution in [0, 0.1) is 5.41 Å². The van der Waals surface area contributed by atoms with Crippen LogP contribution in [-0.2, 0) is 4.79 Å². The summed E-state index contributed by atoms with van der Waals surface area (Å²) in [7, 11) is 0. The largest absolute Gasteiger partial charge is 0.490 e. The lowest BCUT2D eigenvalue weighted by Gasteiger charge is -2.52. The third kappa shape index (κ3) is 5.61. The van der Waals surface area contributed by atoms with Gasteiger partial charge in [0.05, 0.1) is 23.7 Å². The van der Waals surface area contributed by atoms with Crippen LogP contribution in [0.3, 0.4) is 0 Å². The monoisotopic (exact) mass is 522 g/mol. The van der Waals surface area contributed by atoms with Crippen LogP contribution >= 0.6 is 23.2 Å². The van der Waals surface area contributed by atoms with Crippen molar-refractivity contribution < 1.29 is 9.53 Å². The molecule has 1 aliphatic heterocycles. The Labute approximate surface area is 223 Å². The summed E-state index contributed by atoms with van der Waals surface area (Å²) >= 11 is 12.7. The highest BCUT2D eigenvalue weighted by Gasteiger charge is 2.51. The molecule has 4 nitrogen and oxygen atoms in total. The Morgan fingerprint density at radius 2 is 1.92 bits per heavy atom. The van der Waals surface area contributed by atoms with Crippen LogP contribution in [0.15, 0.2) is 85.7 Å². The van der Waals surface area contributed by atoms with E-state index in [-0.39, 0.29) is 23.9 Å². The SMILES string of the molecule is C=CC[C@]1(C)C[C@H](c2cccc(Cl)c2)[C@@H](c2ccc(Cl)cc2)N([C@@H](CC)COc2cccnc2)C1=O. The average Bonchev–Trinajstić information content (AvgIpc) is 2.88. The first-order chi connectivity index (χ1) is 17.4. The Balaban J connectivity index is 1.82. The molecule has 0 N–H and O–H groups in total. The van der Waals surface area contributed by atoms with Crippen LogP contribution in [-0.4, -0.2) is 28.4 Å². The van der Waals surface area contributed by atoms with E-state index in [1.54, 1.807) is 12.4 Å². The van der Waals surface area contributed by atoms with Gasteiger partial charge in [-0.1, -0.05) is 67.4 Å². The summed E-state index contributed by atoms with van der Waals surface area (Å²) in [5, 5.41) is 1.35. The molecule has 4 atom stereocenters. The summed E-state index contributed by atoms with van der Waals surface area (Å²) in [6.45, 7) is 8.47. The molecule has 36 heavy (non-hydrogen) atoms. The number of hydrogen-bond donors (Lipinski definition) is 0. The lowest BCUT2D eigenvalue weighted by atomic mass is 9.67. The predicted octanol–water partition coefficient (Wildman–Crippen LogP) is 7.89. The molecule has 2 heterocycles. The van der Waals surface area contributed by atoms with Crippen molar-refractivity contribution in [1.29, 1.82) is 0 Å². The van der Waals surface area contributed by atoms with Gasteiger partial charge in [0, 0.05) is 22.2 Å². The van der Waals surface area contributed by atoms with Gasteiger partial charge in [-0.05, 0) is 66.8 Å². The van der Waals surface area contributed by atoms with Crippen molar-refractivity contribution in [2.75, 3.05) is 6.61 Å². The lowest BCUT2D eigenvalue weighted by molar-refractivity contribution is -0.155. The molecule has 1 fully saturated rings. The summed E-state index contributed by atoms with van der Waals surface area (Å²) in [5.41, 5.74) is 1.55. The van der Waals surface area contributed by atoms with Crippen LogP contribution < -0.4 is 4.74 Å². The number of hydrogen-bond acceptors (Lipinski definition) is 3. The van der Waals surface area contributed by atoms with E-state index in [4.69, 9.17) is 27.9 Å². The van der Waals surface area contributed by atoms with Gasteiger partial charge in [-0.3, -0.25) is 9.78 Å². The number of carbonyl (C=O) groups is 1. The normalized spacial score (nSPS) is 22.8. The molecule has 0 saturated carbocycles. The highest BCUT2D eigenvalue weighted by atomic mass is 35.5. The fourth-order valence-electron chi connectivity index (χ4n) is 5.31. The first kappa shape index (κ1) is 26.2. The number of ether oxygens (including phenoxy) is 1. The van der Waals surface area contributed by atoms with Crippen LogP contribution in [0.5, 0.6) is 5.75 Å². The topological polar surface area (TPSA) is 42.4 Å². The summed E-state index contributed by atoms with van der Waals surface area (Å²) in [6, 6.07) is 19.2. The molecule has 3 aromatic rings. The second kappa shape index (κ2) is 11.5. The summed E-state index contributed by atoms with van der Waals surface area (Å²) < 4.78 is 6.13. The van der Waals surface area contributed by atoms with Gasteiger partial charge < -0.3 is 9.64 Å². The molecule has 1 aromatic heterocycles. The maximum absolute atomic E-state index is 14.3. The number of allylic oxidation sites excluding steroid dienone is 1. The molecule has 0 aliphatic carbocycles. The summed E-state index contributed by atoms with van der Waals surface area (Å²) in [5.74, 6) is 0.825. The quantitative estimate of drug-likeness (QED) is 0.268. The first-order valence-corrected chi connectivity index (χ1v) is 13.1. The van der Waals surface area contributed by atoms with Gasteiger partial charge in [0.25, 0.3) is 0 Å². The van der Waals surface area contributed by atoms with Crippen molar-refractivity contribution >= 4 is 29.1 Å². The van der Waals surface area contributed by atoms with Crippen molar-refractivity contribution in [2.24, 2.45) is 5.41 Å². The maximum Gasteiger partial charge on any atom is 0.229 e. The van der Waals surface area contributed by atoms with Gasteiger partial charge in [0.1, 0.15) is 12.4 Å². The average molecular weight is 524 g/mol. The predicted molar refractivity (Wildman–Crippen MR) is 147 cm³/mol. The van der Waals surface area contributed by atoms with Crippen molar-refractivity contribution in [3.8, 4) is 5.75 Å². The Kier molecular flexibility index (Phi) is 8.38. The summed E-state index contributed by atoms with van der Waals surface area (Å²) in [6.07, 6.45) is 7.26. The molecular weight excluding hydrogens is 491 g/mol. The zero-order valence-electron chi connectivity index (χ0n) is 20.7. The van der Waals surface area contributed by atoms with Crippen molar-refractivity contribution in [2.45, 2.75) is 51.1 Å². The maximum atomic E-state index is 14.3. The minimum Gasteiger partial charge on any atom is -0.490 e. The Bertz CT molecular complexity index is 1190. The molecule has 0 spiro atoms. The van der Waals surface area contributed by atoms with Crippen molar-refractivity contribution in [1.82, 2.24) is 9.88 Å². The van der Waals surface area contributed by atoms with Crippen molar-refractivity contribution in [3.05, 3.63) is 107 Å². The van der Waals surface area contributed by atoms with Gasteiger partial charge in [-0.25, -0.2) is 0 Å². The fraction of sp³-hybridized carbons (Fsp3) is 0.333. The molecule has 2 aromatic carbocycles. The fourth-order valence-corrected chi connectivity index (χ4v) is 5.63. The number of benzene rings is 2. The number of nitrogens with zero attached hydrogens (tertiary/aromatic N) is 2. The van der Waals surface area contributed by atoms with Gasteiger partial charge in [-0.15, -0.1) is 6.58 Å². The number of piperidine rings is 1. The number of halogens is 2. The second-order valence-electron chi connectivity index (χ2n) is 9.69. The summed E-state index contributed by atoms with van der Waals surface area (Å²) in [4.78, 5) is 20.5. The molecule has 1 amide bonds. The zero-order valence-corrected chi connectivity index (χ0v) is 22.3. The Morgan fingerprint density at radius 1 is 1.14 bits per heavy atom. The lowest BCUT2D eigenvalue weighted by Crippen LogP contribution is -2.56. The molecule has 4 rings (SSSR count). The van der Waals surface area contributed by atoms with Crippen molar-refractivity contribution in [3.63, 3.8) is 0 Å². The molecule has 0 bridgehead atoms. The Morgan fingerprint density at radius 3 is 2.56 bits per heavy atom. The van der Waals surface area contributed by atoms with Crippen LogP contribution in [0.1, 0.15) is 56.2 Å². The highest BCUT2D eigenvalue weighted by molar-refractivity contribution is 6.30. The minimum atomic E-state index is -0.598. The minimum absolute atomic E-state index is 0.0277. The molecule has 6 heteroatoms. The number of rotatable bonds is 9. The van der Waals surface area contributed by atoms with E-state index in [9.17, 15) is 4.79 Å². The third-order valence-electron chi connectivity index (χ3n) is 7.13. The molecule has 0 unspecified atom stereocenters. The molecule has 188 valence electrons. The number of carbonyl (C=O) groups excluding carboxylic acids is 1. The van der Waals surface area contributed by atoms with E-state index in [0.717, 1.165) is 17.5 Å². The van der Waals surface area contributed by atoms with E-state index in [2.05, 4.69) is 29.5 Å².